The van der Waals surface area contributed by atoms with Gasteiger partial charge in [0.2, 0.25) is 0 Å². The number of hydrogen-bond acceptors (Lipinski definition) is 1. The quantitative estimate of drug-likeness (QED) is 0.218. The Hall–Kier alpha value is 0.417. The summed E-state index contributed by atoms with van der Waals surface area (Å²) in [5.41, 5.74) is 0. The van der Waals surface area contributed by atoms with Crippen LogP contribution < -0.4 is 0 Å². The van der Waals surface area contributed by atoms with E-state index in [0.717, 1.165) is 12.8 Å². The van der Waals surface area contributed by atoms with Gasteiger partial charge in [-0.1, -0.05) is 70.4 Å². The summed E-state index contributed by atoms with van der Waals surface area (Å²) in [4.78, 5) is 10.3. The summed E-state index contributed by atoms with van der Waals surface area (Å²) in [7, 11) is 0. The second kappa shape index (κ2) is 27.3. The Bertz CT molecular complexity index is 246. The van der Waals surface area contributed by atoms with E-state index in [-0.39, 0.29) is 44.4 Å². The van der Waals surface area contributed by atoms with Crippen LogP contribution in [0, 0.1) is 0 Å². The molecule has 0 amide bonds. The second-order valence-electron chi connectivity index (χ2n) is 5.73. The number of carboxylic acids is 1. The van der Waals surface area contributed by atoms with Crippen LogP contribution in [0.1, 0.15) is 96.8 Å². The molecule has 0 saturated carbocycles. The molecule has 130 valence electrons. The SMILES string of the molecule is CCCCCCCC/C=C\CCCCCCCC(=O)O.O.[Zn].[Zn]. The normalized spacial score (nSPS) is 9.78. The van der Waals surface area contributed by atoms with Crippen LogP contribution in [0.3, 0.4) is 0 Å². The van der Waals surface area contributed by atoms with Crippen molar-refractivity contribution in [2.75, 3.05) is 0 Å². The first kappa shape index (κ1) is 31.2. The summed E-state index contributed by atoms with van der Waals surface area (Å²) in [5.74, 6) is -0.664. The fourth-order valence-electron chi connectivity index (χ4n) is 2.35. The van der Waals surface area contributed by atoms with Crippen molar-refractivity contribution in [1.82, 2.24) is 0 Å². The van der Waals surface area contributed by atoms with Crippen molar-refractivity contribution < 1.29 is 54.3 Å². The molecular weight excluding hydrogens is 395 g/mol. The number of rotatable bonds is 15. The zero-order valence-corrected chi connectivity index (χ0v) is 21.3. The van der Waals surface area contributed by atoms with Gasteiger partial charge in [-0.05, 0) is 32.1 Å². The standard InChI is InChI=1S/C18H34O2.H2O.2Zn/c1-2-3-4-5-6-7-8-9-10-11-12-13-14-15-16-17-18(19)20;;;/h9-10H,2-8,11-17H2,1H3,(H,19,20);1H2;;/b10-9-;;;. The van der Waals surface area contributed by atoms with Crippen LogP contribution >= 0.6 is 0 Å². The monoisotopic (exact) mass is 428 g/mol. The van der Waals surface area contributed by atoms with E-state index in [9.17, 15) is 4.79 Å². The minimum absolute atomic E-state index is 0. The molecule has 0 spiro atoms. The third kappa shape index (κ3) is 30.8. The van der Waals surface area contributed by atoms with E-state index in [1.54, 1.807) is 0 Å². The molecule has 23 heavy (non-hydrogen) atoms. The van der Waals surface area contributed by atoms with Crippen LogP contribution in [-0.2, 0) is 43.8 Å². The van der Waals surface area contributed by atoms with Crippen molar-refractivity contribution in [3.05, 3.63) is 12.2 Å². The minimum atomic E-state index is -0.664. The molecule has 0 heterocycles. The Morgan fingerprint density at radius 3 is 1.57 bits per heavy atom. The molecule has 0 unspecified atom stereocenters. The molecule has 0 aromatic carbocycles. The van der Waals surface area contributed by atoms with Gasteiger partial charge in [0.25, 0.3) is 0 Å². The molecule has 0 atom stereocenters. The van der Waals surface area contributed by atoms with E-state index in [1.807, 2.05) is 0 Å². The van der Waals surface area contributed by atoms with Crippen molar-refractivity contribution in [3.63, 3.8) is 0 Å². The average molecular weight is 431 g/mol. The maximum absolute atomic E-state index is 10.3. The molecule has 0 aliphatic heterocycles. The van der Waals surface area contributed by atoms with Crippen LogP contribution in [0.15, 0.2) is 12.2 Å². The van der Waals surface area contributed by atoms with Gasteiger partial charge in [0.05, 0.1) is 0 Å². The van der Waals surface area contributed by atoms with Crippen LogP contribution in [0.5, 0.6) is 0 Å². The first-order chi connectivity index (χ1) is 9.77. The molecule has 0 bridgehead atoms. The number of allylic oxidation sites excluding steroid dienone is 2. The van der Waals surface area contributed by atoms with Gasteiger partial charge in [-0.25, -0.2) is 0 Å². The molecule has 3 nitrogen and oxygen atoms in total. The molecular formula is C18H36O3Zn2. The van der Waals surface area contributed by atoms with Crippen molar-refractivity contribution in [2.24, 2.45) is 0 Å². The zero-order chi connectivity index (χ0) is 14.9. The third-order valence-corrected chi connectivity index (χ3v) is 3.65. The van der Waals surface area contributed by atoms with Crippen molar-refractivity contribution in [2.45, 2.75) is 96.8 Å². The molecule has 0 aliphatic rings. The number of aliphatic carboxylic acids is 1. The van der Waals surface area contributed by atoms with E-state index in [2.05, 4.69) is 19.1 Å². The Balaban J connectivity index is -0.000000602. The zero-order valence-electron chi connectivity index (χ0n) is 15.3. The van der Waals surface area contributed by atoms with Gasteiger partial charge in [0.1, 0.15) is 0 Å². The van der Waals surface area contributed by atoms with Crippen molar-refractivity contribution >= 4 is 5.97 Å². The van der Waals surface area contributed by atoms with E-state index in [0.29, 0.717) is 6.42 Å². The number of hydrogen-bond donors (Lipinski definition) is 1. The van der Waals surface area contributed by atoms with E-state index >= 15 is 0 Å². The van der Waals surface area contributed by atoms with Gasteiger partial charge in [0.15, 0.2) is 0 Å². The van der Waals surface area contributed by atoms with Gasteiger partial charge in [0, 0.05) is 45.4 Å². The first-order valence-electron chi connectivity index (χ1n) is 8.64. The summed E-state index contributed by atoms with van der Waals surface area (Å²) >= 11 is 0. The number of unbranched alkanes of at least 4 members (excludes halogenated alkanes) is 11. The molecule has 0 radical (unpaired) electrons. The summed E-state index contributed by atoms with van der Waals surface area (Å²) in [5, 5.41) is 8.51. The maximum Gasteiger partial charge on any atom is 0.303 e. The predicted molar refractivity (Wildman–Crippen MR) is 90.7 cm³/mol. The van der Waals surface area contributed by atoms with Crippen molar-refractivity contribution in [1.29, 1.82) is 0 Å². The Morgan fingerprint density at radius 1 is 0.739 bits per heavy atom. The fraction of sp³-hybridized carbons (Fsp3) is 0.833. The molecule has 0 aliphatic carbocycles. The molecule has 0 aromatic rings. The molecule has 0 rings (SSSR count). The van der Waals surface area contributed by atoms with Gasteiger partial charge in [-0.15, -0.1) is 0 Å². The van der Waals surface area contributed by atoms with E-state index in [4.69, 9.17) is 5.11 Å². The fourth-order valence-corrected chi connectivity index (χ4v) is 2.35. The van der Waals surface area contributed by atoms with E-state index in [1.165, 1.54) is 70.6 Å². The maximum atomic E-state index is 10.3. The molecule has 0 aromatic heterocycles. The average Bonchev–Trinajstić information content (AvgIpc) is 2.43. The Labute approximate surface area is 168 Å². The largest absolute Gasteiger partial charge is 0.481 e. The number of carbonyl (C=O) groups is 1. The second-order valence-corrected chi connectivity index (χ2v) is 5.73. The summed E-state index contributed by atoms with van der Waals surface area (Å²) < 4.78 is 0. The van der Waals surface area contributed by atoms with Gasteiger partial charge in [-0.3, -0.25) is 4.79 Å². The Morgan fingerprint density at radius 2 is 1.13 bits per heavy atom. The molecule has 5 heteroatoms. The van der Waals surface area contributed by atoms with Crippen LogP contribution in [0.4, 0.5) is 0 Å². The van der Waals surface area contributed by atoms with Crippen LogP contribution in [0.25, 0.3) is 0 Å². The van der Waals surface area contributed by atoms with Gasteiger partial charge >= 0.3 is 5.97 Å². The molecule has 3 N–H and O–H groups in total. The Kier molecular flexibility index (Phi) is 37.0. The molecule has 0 saturated heterocycles. The molecule has 0 fully saturated rings. The number of carboxylic acid groups (broad SMARTS) is 1. The van der Waals surface area contributed by atoms with Gasteiger partial charge < -0.3 is 10.6 Å². The third-order valence-electron chi connectivity index (χ3n) is 3.65. The van der Waals surface area contributed by atoms with Crippen molar-refractivity contribution in [3.8, 4) is 0 Å². The first-order valence-corrected chi connectivity index (χ1v) is 8.64. The van der Waals surface area contributed by atoms with Crippen LogP contribution in [-0.4, -0.2) is 16.6 Å². The minimum Gasteiger partial charge on any atom is -0.481 e. The van der Waals surface area contributed by atoms with Crippen LogP contribution in [0.2, 0.25) is 0 Å². The van der Waals surface area contributed by atoms with E-state index < -0.39 is 5.97 Å². The summed E-state index contributed by atoms with van der Waals surface area (Å²) in [6.45, 7) is 2.26. The topological polar surface area (TPSA) is 68.8 Å². The summed E-state index contributed by atoms with van der Waals surface area (Å²) in [6, 6.07) is 0. The predicted octanol–water partition coefficient (Wildman–Crippen LogP) is 5.28. The summed E-state index contributed by atoms with van der Waals surface area (Å²) in [6.07, 6.45) is 21.2. The van der Waals surface area contributed by atoms with Gasteiger partial charge in [-0.2, -0.15) is 0 Å². The smallest absolute Gasteiger partial charge is 0.303 e.